The molecule has 0 aliphatic heterocycles. The van der Waals surface area contributed by atoms with E-state index >= 15 is 0 Å². The molecule has 0 saturated carbocycles. The number of benzene rings is 2. The molecule has 0 fully saturated rings. The van der Waals surface area contributed by atoms with Gasteiger partial charge in [0.2, 0.25) is 10.0 Å². The Labute approximate surface area is 198 Å². The number of rotatable bonds is 10. The van der Waals surface area contributed by atoms with E-state index in [1.54, 1.807) is 35.2 Å². The van der Waals surface area contributed by atoms with E-state index < -0.39 is 22.0 Å². The summed E-state index contributed by atoms with van der Waals surface area (Å²) >= 11 is 0. The van der Waals surface area contributed by atoms with Crippen LogP contribution in [0.1, 0.15) is 34.2 Å². The SMILES string of the molecule is COc1cc(OC)cc([C@H](NC(=O)c2ccc(S(=O)(=O)NCCC#N)cc2)c2nccn2C)c1. The molecule has 0 spiro atoms. The first kappa shape index (κ1) is 24.8. The average Bonchev–Trinajstić information content (AvgIpc) is 3.27. The standard InChI is InChI=1S/C23H25N5O5S/c1-28-12-11-25-22(28)21(17-13-18(32-2)15-19(14-17)33-3)27-23(29)16-5-7-20(8-6-16)34(30,31)26-10-4-9-24/h5-8,11-15,21,26H,4,10H2,1-3H3,(H,27,29)/t21-/m0/s1. The number of hydrogen-bond donors (Lipinski definition) is 2. The first-order valence-corrected chi connectivity index (χ1v) is 11.7. The minimum Gasteiger partial charge on any atom is -0.497 e. The zero-order valence-corrected chi connectivity index (χ0v) is 19.8. The molecule has 0 unspecified atom stereocenters. The van der Waals surface area contributed by atoms with E-state index in [0.717, 1.165) is 0 Å². The Bertz CT molecular complexity index is 1270. The molecule has 2 aromatic carbocycles. The number of nitrogens with one attached hydrogen (secondary N) is 2. The van der Waals surface area contributed by atoms with Gasteiger partial charge in [-0.1, -0.05) is 0 Å². The number of hydrogen-bond acceptors (Lipinski definition) is 7. The molecule has 0 radical (unpaired) electrons. The largest absolute Gasteiger partial charge is 0.497 e. The van der Waals surface area contributed by atoms with Gasteiger partial charge in [0.05, 0.1) is 25.2 Å². The maximum absolute atomic E-state index is 13.1. The van der Waals surface area contributed by atoms with E-state index in [-0.39, 0.29) is 23.4 Å². The minimum atomic E-state index is -3.77. The third-order valence-corrected chi connectivity index (χ3v) is 6.53. The number of ether oxygens (including phenoxy) is 2. The molecule has 34 heavy (non-hydrogen) atoms. The summed E-state index contributed by atoms with van der Waals surface area (Å²) in [6.07, 6.45) is 3.46. The van der Waals surface area contributed by atoms with Crippen LogP contribution in [0.2, 0.25) is 0 Å². The molecule has 0 saturated heterocycles. The van der Waals surface area contributed by atoms with Crippen LogP contribution in [0.4, 0.5) is 0 Å². The minimum absolute atomic E-state index is 0.000160. The molecule has 0 aliphatic carbocycles. The van der Waals surface area contributed by atoms with Gasteiger partial charge in [-0.15, -0.1) is 0 Å². The maximum atomic E-state index is 13.1. The predicted molar refractivity (Wildman–Crippen MR) is 124 cm³/mol. The zero-order valence-electron chi connectivity index (χ0n) is 19.0. The summed E-state index contributed by atoms with van der Waals surface area (Å²) in [5.74, 6) is 1.28. The molecule has 1 amide bonds. The Morgan fingerprint density at radius 1 is 1.15 bits per heavy atom. The van der Waals surface area contributed by atoms with E-state index in [2.05, 4.69) is 15.0 Å². The molecular weight excluding hydrogens is 458 g/mol. The van der Waals surface area contributed by atoms with Gasteiger partial charge in [-0.2, -0.15) is 5.26 Å². The third-order valence-electron chi connectivity index (χ3n) is 5.05. The van der Waals surface area contributed by atoms with Gasteiger partial charge < -0.3 is 19.4 Å². The second-order valence-corrected chi connectivity index (χ2v) is 9.05. The summed E-state index contributed by atoms with van der Waals surface area (Å²) in [5.41, 5.74) is 0.963. The topological polar surface area (TPSA) is 135 Å². The van der Waals surface area contributed by atoms with Gasteiger partial charge in [-0.25, -0.2) is 18.1 Å². The second-order valence-electron chi connectivity index (χ2n) is 7.28. The van der Waals surface area contributed by atoms with Gasteiger partial charge in [0, 0.05) is 44.0 Å². The van der Waals surface area contributed by atoms with Gasteiger partial charge in [0.1, 0.15) is 23.4 Å². The molecule has 1 heterocycles. The Morgan fingerprint density at radius 3 is 2.32 bits per heavy atom. The number of aryl methyl sites for hydroxylation is 1. The number of imidazole rings is 1. The van der Waals surface area contributed by atoms with E-state index in [4.69, 9.17) is 14.7 Å². The van der Waals surface area contributed by atoms with E-state index in [0.29, 0.717) is 22.9 Å². The lowest BCUT2D eigenvalue weighted by molar-refractivity contribution is 0.0941. The van der Waals surface area contributed by atoms with Crippen molar-refractivity contribution in [1.82, 2.24) is 19.6 Å². The Kier molecular flexibility index (Phi) is 7.88. The molecule has 0 bridgehead atoms. The molecule has 1 atom stereocenters. The van der Waals surface area contributed by atoms with Crippen molar-refractivity contribution in [3.63, 3.8) is 0 Å². The van der Waals surface area contributed by atoms with Crippen molar-refractivity contribution < 1.29 is 22.7 Å². The number of sulfonamides is 1. The lowest BCUT2D eigenvalue weighted by atomic mass is 10.0. The molecule has 11 heteroatoms. The Balaban J connectivity index is 1.89. The van der Waals surface area contributed by atoms with Crippen molar-refractivity contribution in [2.24, 2.45) is 7.05 Å². The van der Waals surface area contributed by atoms with Crippen molar-refractivity contribution in [3.05, 3.63) is 71.8 Å². The van der Waals surface area contributed by atoms with E-state index in [1.807, 2.05) is 13.1 Å². The molecule has 178 valence electrons. The van der Waals surface area contributed by atoms with Crippen LogP contribution in [0, 0.1) is 11.3 Å². The fourth-order valence-corrected chi connectivity index (χ4v) is 4.30. The predicted octanol–water partition coefficient (Wildman–Crippen LogP) is 2.15. The average molecular weight is 484 g/mol. The number of methoxy groups -OCH3 is 2. The van der Waals surface area contributed by atoms with Crippen LogP contribution < -0.4 is 19.5 Å². The number of carbonyl (C=O) groups excluding carboxylic acids is 1. The molecule has 2 N–H and O–H groups in total. The van der Waals surface area contributed by atoms with Crippen LogP contribution in [-0.4, -0.2) is 44.6 Å². The molecule has 0 aliphatic rings. The van der Waals surface area contributed by atoms with Crippen molar-refractivity contribution in [2.45, 2.75) is 17.4 Å². The van der Waals surface area contributed by atoms with E-state index in [9.17, 15) is 13.2 Å². The second kappa shape index (κ2) is 10.8. The quantitative estimate of drug-likeness (QED) is 0.422. The Morgan fingerprint density at radius 2 is 1.79 bits per heavy atom. The molecule has 3 aromatic rings. The number of nitriles is 1. The van der Waals surface area contributed by atoms with Crippen molar-refractivity contribution >= 4 is 15.9 Å². The van der Waals surface area contributed by atoms with Crippen LogP contribution in [-0.2, 0) is 17.1 Å². The lowest BCUT2D eigenvalue weighted by Crippen LogP contribution is -2.31. The normalized spacial score (nSPS) is 11.9. The molecule has 1 aromatic heterocycles. The first-order valence-electron chi connectivity index (χ1n) is 10.3. The van der Waals surface area contributed by atoms with Gasteiger partial charge >= 0.3 is 0 Å². The number of aromatic nitrogens is 2. The number of amides is 1. The van der Waals surface area contributed by atoms with Gasteiger partial charge in [-0.05, 0) is 42.0 Å². The van der Waals surface area contributed by atoms with Crippen LogP contribution in [0.15, 0.2) is 59.8 Å². The Hall–Kier alpha value is -3.88. The highest BCUT2D eigenvalue weighted by Gasteiger charge is 2.23. The maximum Gasteiger partial charge on any atom is 0.252 e. The highest BCUT2D eigenvalue weighted by Crippen LogP contribution is 2.29. The highest BCUT2D eigenvalue weighted by atomic mass is 32.2. The number of carbonyl (C=O) groups is 1. The molecular formula is C23H25N5O5S. The fourth-order valence-electron chi connectivity index (χ4n) is 3.27. The van der Waals surface area contributed by atoms with Crippen molar-refractivity contribution in [2.75, 3.05) is 20.8 Å². The lowest BCUT2D eigenvalue weighted by Gasteiger charge is -2.20. The number of nitrogens with zero attached hydrogens (tertiary/aromatic N) is 3. The van der Waals surface area contributed by atoms with Gasteiger partial charge in [-0.3, -0.25) is 4.79 Å². The monoisotopic (exact) mass is 483 g/mol. The highest BCUT2D eigenvalue weighted by molar-refractivity contribution is 7.89. The fraction of sp³-hybridized carbons (Fsp3) is 0.261. The van der Waals surface area contributed by atoms with Crippen LogP contribution in [0.25, 0.3) is 0 Å². The zero-order chi connectivity index (χ0) is 24.7. The summed E-state index contributed by atoms with van der Waals surface area (Å²) in [6.45, 7) is 0.0103. The van der Waals surface area contributed by atoms with Crippen LogP contribution in [0.5, 0.6) is 11.5 Å². The summed E-state index contributed by atoms with van der Waals surface area (Å²) < 4.78 is 39.5. The van der Waals surface area contributed by atoms with E-state index in [1.165, 1.54) is 38.5 Å². The summed E-state index contributed by atoms with van der Waals surface area (Å²) in [6, 6.07) is 12.1. The van der Waals surface area contributed by atoms with Gasteiger partial charge in [0.25, 0.3) is 5.91 Å². The first-order chi connectivity index (χ1) is 16.3. The van der Waals surface area contributed by atoms with Crippen molar-refractivity contribution in [1.29, 1.82) is 5.26 Å². The van der Waals surface area contributed by atoms with Crippen LogP contribution in [0.3, 0.4) is 0 Å². The summed E-state index contributed by atoms with van der Waals surface area (Å²) in [4.78, 5) is 17.5. The summed E-state index contributed by atoms with van der Waals surface area (Å²) in [5, 5.41) is 11.5. The molecule has 10 nitrogen and oxygen atoms in total. The van der Waals surface area contributed by atoms with Gasteiger partial charge in [0.15, 0.2) is 0 Å². The van der Waals surface area contributed by atoms with Crippen LogP contribution >= 0.6 is 0 Å². The van der Waals surface area contributed by atoms with Crippen molar-refractivity contribution in [3.8, 4) is 17.6 Å². The smallest absolute Gasteiger partial charge is 0.252 e. The molecule has 3 rings (SSSR count). The summed E-state index contributed by atoms with van der Waals surface area (Å²) in [7, 11) is 1.12. The third kappa shape index (κ3) is 5.72.